The summed E-state index contributed by atoms with van der Waals surface area (Å²) in [5.74, 6) is 1.12. The van der Waals surface area contributed by atoms with Crippen molar-refractivity contribution >= 4 is 11.7 Å². The van der Waals surface area contributed by atoms with Crippen LogP contribution in [0.4, 0.5) is 5.82 Å². The van der Waals surface area contributed by atoms with Crippen LogP contribution < -0.4 is 10.6 Å². The first-order chi connectivity index (χ1) is 9.69. The van der Waals surface area contributed by atoms with Crippen molar-refractivity contribution in [3.8, 4) is 0 Å². The molecule has 108 valence electrons. The van der Waals surface area contributed by atoms with Gasteiger partial charge < -0.3 is 10.6 Å². The molecule has 1 aliphatic heterocycles. The number of rotatable bonds is 2. The Kier molecular flexibility index (Phi) is 3.64. The fourth-order valence-corrected chi connectivity index (χ4v) is 3.74. The van der Waals surface area contributed by atoms with E-state index in [1.165, 1.54) is 44.9 Å². The molecule has 20 heavy (non-hydrogen) atoms. The highest BCUT2D eigenvalue weighted by Crippen LogP contribution is 2.44. The number of hydrogen-bond donors (Lipinski definition) is 2. The van der Waals surface area contributed by atoms with Gasteiger partial charge in [-0.25, -0.2) is 4.98 Å². The number of nitrogens with one attached hydrogen (secondary N) is 1. The minimum absolute atomic E-state index is 0.0869. The average molecular weight is 272 g/mol. The van der Waals surface area contributed by atoms with Crippen LogP contribution in [0.1, 0.15) is 50.5 Å². The number of nitrogen functional groups attached to an aromatic ring is 1. The van der Waals surface area contributed by atoms with E-state index >= 15 is 0 Å². The zero-order chi connectivity index (χ0) is 14.0. The molecule has 1 saturated heterocycles. The molecular formula is C16H24N4. The van der Waals surface area contributed by atoms with E-state index in [-0.39, 0.29) is 5.84 Å². The van der Waals surface area contributed by atoms with E-state index in [0.29, 0.717) is 11.0 Å². The zero-order valence-corrected chi connectivity index (χ0v) is 12.1. The molecule has 1 spiro atoms. The molecule has 1 aromatic heterocycles. The molecule has 1 aliphatic carbocycles. The van der Waals surface area contributed by atoms with E-state index in [1.54, 1.807) is 6.20 Å². The quantitative estimate of drug-likeness (QED) is 0.642. The summed E-state index contributed by atoms with van der Waals surface area (Å²) in [7, 11) is 0. The number of pyridine rings is 1. The van der Waals surface area contributed by atoms with Crippen LogP contribution in [0.3, 0.4) is 0 Å². The van der Waals surface area contributed by atoms with Crippen molar-refractivity contribution in [3.63, 3.8) is 0 Å². The van der Waals surface area contributed by atoms with Crippen molar-refractivity contribution in [2.45, 2.75) is 44.9 Å². The van der Waals surface area contributed by atoms with Gasteiger partial charge in [0, 0.05) is 24.8 Å². The topological polar surface area (TPSA) is 66.0 Å². The Morgan fingerprint density at radius 2 is 1.80 bits per heavy atom. The molecule has 4 nitrogen and oxygen atoms in total. The SMILES string of the molecule is N=C(N)c1ccc(N2CCC3(CCCCC3)CC2)nc1. The molecule has 0 unspecified atom stereocenters. The molecule has 0 aromatic carbocycles. The van der Waals surface area contributed by atoms with Crippen LogP contribution in [0.25, 0.3) is 0 Å². The number of aromatic nitrogens is 1. The van der Waals surface area contributed by atoms with Gasteiger partial charge in [-0.3, -0.25) is 5.41 Å². The fourth-order valence-electron chi connectivity index (χ4n) is 3.74. The molecule has 3 N–H and O–H groups in total. The Bertz CT molecular complexity index is 464. The van der Waals surface area contributed by atoms with Crippen LogP contribution in [0, 0.1) is 10.8 Å². The van der Waals surface area contributed by atoms with Gasteiger partial charge in [0.05, 0.1) is 0 Å². The third kappa shape index (κ3) is 2.65. The largest absolute Gasteiger partial charge is 0.384 e. The van der Waals surface area contributed by atoms with E-state index in [0.717, 1.165) is 18.9 Å². The summed E-state index contributed by atoms with van der Waals surface area (Å²) in [5.41, 5.74) is 6.80. The van der Waals surface area contributed by atoms with Gasteiger partial charge in [0.15, 0.2) is 0 Å². The van der Waals surface area contributed by atoms with Crippen molar-refractivity contribution in [3.05, 3.63) is 23.9 Å². The number of amidine groups is 1. The van der Waals surface area contributed by atoms with Crippen LogP contribution in [0.2, 0.25) is 0 Å². The Balaban J connectivity index is 1.64. The van der Waals surface area contributed by atoms with E-state index < -0.39 is 0 Å². The van der Waals surface area contributed by atoms with Crippen molar-refractivity contribution < 1.29 is 0 Å². The Morgan fingerprint density at radius 1 is 1.10 bits per heavy atom. The number of hydrogen-bond acceptors (Lipinski definition) is 3. The first-order valence-corrected chi connectivity index (χ1v) is 7.74. The summed E-state index contributed by atoms with van der Waals surface area (Å²) in [6.07, 6.45) is 11.5. The molecular weight excluding hydrogens is 248 g/mol. The number of nitrogens with two attached hydrogens (primary N) is 1. The predicted octanol–water partition coefficient (Wildman–Crippen LogP) is 2.92. The molecule has 0 radical (unpaired) electrons. The lowest BCUT2D eigenvalue weighted by molar-refractivity contribution is 0.144. The molecule has 0 bridgehead atoms. The second kappa shape index (κ2) is 5.43. The summed E-state index contributed by atoms with van der Waals surface area (Å²) >= 11 is 0. The van der Waals surface area contributed by atoms with E-state index in [1.807, 2.05) is 12.1 Å². The van der Waals surface area contributed by atoms with E-state index in [9.17, 15) is 0 Å². The van der Waals surface area contributed by atoms with Gasteiger partial charge in [0.1, 0.15) is 11.7 Å². The van der Waals surface area contributed by atoms with E-state index in [2.05, 4.69) is 9.88 Å². The van der Waals surface area contributed by atoms with Gasteiger partial charge in [-0.1, -0.05) is 19.3 Å². The number of piperidine rings is 1. The highest BCUT2D eigenvalue weighted by atomic mass is 15.2. The predicted molar refractivity (Wildman–Crippen MR) is 82.2 cm³/mol. The molecule has 2 fully saturated rings. The highest BCUT2D eigenvalue weighted by molar-refractivity contribution is 5.94. The van der Waals surface area contributed by atoms with Crippen molar-refractivity contribution in [2.75, 3.05) is 18.0 Å². The van der Waals surface area contributed by atoms with Crippen LogP contribution >= 0.6 is 0 Å². The summed E-state index contributed by atoms with van der Waals surface area (Å²) in [6, 6.07) is 3.89. The molecule has 2 heterocycles. The second-order valence-corrected chi connectivity index (χ2v) is 6.37. The van der Waals surface area contributed by atoms with Crippen LogP contribution in [-0.2, 0) is 0 Å². The standard InChI is InChI=1S/C16H24N4/c17-15(18)13-4-5-14(19-12-13)20-10-8-16(9-11-20)6-2-1-3-7-16/h4-5,12H,1-3,6-11H2,(H3,17,18). The first-order valence-electron chi connectivity index (χ1n) is 7.74. The lowest BCUT2D eigenvalue weighted by Gasteiger charge is -2.44. The van der Waals surface area contributed by atoms with Crippen LogP contribution in [-0.4, -0.2) is 23.9 Å². The number of anilines is 1. The molecule has 0 amide bonds. The van der Waals surface area contributed by atoms with Crippen molar-refractivity contribution in [1.82, 2.24) is 4.98 Å². The second-order valence-electron chi connectivity index (χ2n) is 6.37. The first kappa shape index (κ1) is 13.4. The van der Waals surface area contributed by atoms with Crippen molar-refractivity contribution in [1.29, 1.82) is 5.41 Å². The fraction of sp³-hybridized carbons (Fsp3) is 0.625. The summed E-state index contributed by atoms with van der Waals surface area (Å²) in [5, 5.41) is 7.40. The van der Waals surface area contributed by atoms with Crippen LogP contribution in [0.15, 0.2) is 18.3 Å². The minimum Gasteiger partial charge on any atom is -0.384 e. The lowest BCUT2D eigenvalue weighted by atomic mass is 9.68. The Labute approximate surface area is 120 Å². The zero-order valence-electron chi connectivity index (χ0n) is 12.1. The molecule has 1 saturated carbocycles. The molecule has 0 atom stereocenters. The lowest BCUT2D eigenvalue weighted by Crippen LogP contribution is -2.41. The normalized spacial score (nSPS) is 21.9. The molecule has 2 aliphatic rings. The Morgan fingerprint density at radius 3 is 2.35 bits per heavy atom. The maximum Gasteiger partial charge on any atom is 0.128 e. The summed E-state index contributed by atoms with van der Waals surface area (Å²) in [6.45, 7) is 2.23. The maximum atomic E-state index is 7.40. The molecule has 3 rings (SSSR count). The summed E-state index contributed by atoms with van der Waals surface area (Å²) in [4.78, 5) is 6.84. The van der Waals surface area contributed by atoms with Gasteiger partial charge in [-0.2, -0.15) is 0 Å². The minimum atomic E-state index is 0.0869. The van der Waals surface area contributed by atoms with Crippen LogP contribution in [0.5, 0.6) is 0 Å². The Hall–Kier alpha value is -1.58. The highest BCUT2D eigenvalue weighted by Gasteiger charge is 2.35. The van der Waals surface area contributed by atoms with Gasteiger partial charge in [-0.05, 0) is 43.2 Å². The van der Waals surface area contributed by atoms with Gasteiger partial charge in [-0.15, -0.1) is 0 Å². The van der Waals surface area contributed by atoms with Gasteiger partial charge in [0.2, 0.25) is 0 Å². The van der Waals surface area contributed by atoms with Gasteiger partial charge >= 0.3 is 0 Å². The van der Waals surface area contributed by atoms with Crippen molar-refractivity contribution in [2.24, 2.45) is 11.1 Å². The third-order valence-corrected chi connectivity index (χ3v) is 5.12. The van der Waals surface area contributed by atoms with E-state index in [4.69, 9.17) is 11.1 Å². The molecule has 4 heteroatoms. The maximum absolute atomic E-state index is 7.40. The molecule has 1 aromatic rings. The van der Waals surface area contributed by atoms with Gasteiger partial charge in [0.25, 0.3) is 0 Å². The summed E-state index contributed by atoms with van der Waals surface area (Å²) < 4.78 is 0. The average Bonchev–Trinajstić information content (AvgIpc) is 2.49. The third-order valence-electron chi connectivity index (χ3n) is 5.12. The number of nitrogens with zero attached hydrogens (tertiary/aromatic N) is 2. The smallest absolute Gasteiger partial charge is 0.128 e. The monoisotopic (exact) mass is 272 g/mol.